The van der Waals surface area contributed by atoms with Crippen molar-refractivity contribution in [3.8, 4) is 11.6 Å². The SMILES string of the molecule is COc1cc(N2CC[C@@H](Oc3ccc(N)cc3)[C@@H](C)C2)c(Cl)cn1. The molecule has 1 aliphatic heterocycles. The number of piperidine rings is 1. The second kappa shape index (κ2) is 7.18. The van der Waals surface area contributed by atoms with Gasteiger partial charge in [0.25, 0.3) is 0 Å². The van der Waals surface area contributed by atoms with Crippen LogP contribution in [0.2, 0.25) is 5.02 Å². The molecule has 1 fully saturated rings. The molecule has 3 rings (SSSR count). The Labute approximate surface area is 147 Å². The van der Waals surface area contributed by atoms with E-state index in [1.54, 1.807) is 13.3 Å². The van der Waals surface area contributed by atoms with Gasteiger partial charge >= 0.3 is 0 Å². The summed E-state index contributed by atoms with van der Waals surface area (Å²) in [6, 6.07) is 9.44. The number of nitrogens with zero attached hydrogens (tertiary/aromatic N) is 2. The summed E-state index contributed by atoms with van der Waals surface area (Å²) in [7, 11) is 1.61. The van der Waals surface area contributed by atoms with E-state index in [4.69, 9.17) is 26.8 Å². The number of hydrogen-bond donors (Lipinski definition) is 1. The van der Waals surface area contributed by atoms with Gasteiger partial charge in [-0.15, -0.1) is 0 Å². The van der Waals surface area contributed by atoms with Crippen molar-refractivity contribution in [1.29, 1.82) is 0 Å². The molecule has 0 saturated carbocycles. The van der Waals surface area contributed by atoms with E-state index in [0.717, 1.165) is 36.6 Å². The zero-order chi connectivity index (χ0) is 17.1. The molecule has 1 aromatic carbocycles. The summed E-state index contributed by atoms with van der Waals surface area (Å²) in [5.41, 5.74) is 7.42. The van der Waals surface area contributed by atoms with Gasteiger partial charge in [0, 0.05) is 37.2 Å². The van der Waals surface area contributed by atoms with Gasteiger partial charge in [0.05, 0.1) is 24.0 Å². The van der Waals surface area contributed by atoms with Crippen LogP contribution in [0.4, 0.5) is 11.4 Å². The van der Waals surface area contributed by atoms with Gasteiger partial charge in [-0.2, -0.15) is 0 Å². The molecule has 6 heteroatoms. The number of nitrogen functional groups attached to an aromatic ring is 1. The van der Waals surface area contributed by atoms with Crippen LogP contribution in [0.5, 0.6) is 11.6 Å². The highest BCUT2D eigenvalue weighted by molar-refractivity contribution is 6.33. The maximum atomic E-state index is 6.31. The summed E-state index contributed by atoms with van der Waals surface area (Å²) in [5, 5.41) is 0.640. The molecule has 1 saturated heterocycles. The van der Waals surface area contributed by atoms with Gasteiger partial charge in [0.1, 0.15) is 11.9 Å². The Hall–Kier alpha value is -2.14. The van der Waals surface area contributed by atoms with Gasteiger partial charge in [0.2, 0.25) is 5.88 Å². The van der Waals surface area contributed by atoms with Gasteiger partial charge in [-0.25, -0.2) is 4.98 Å². The Morgan fingerprint density at radius 2 is 2.04 bits per heavy atom. The minimum Gasteiger partial charge on any atom is -0.490 e. The van der Waals surface area contributed by atoms with Crippen LogP contribution < -0.4 is 20.1 Å². The van der Waals surface area contributed by atoms with Crippen molar-refractivity contribution in [3.63, 3.8) is 0 Å². The Balaban J connectivity index is 1.68. The highest BCUT2D eigenvalue weighted by Gasteiger charge is 2.29. The Kier molecular flexibility index (Phi) is 5.00. The molecule has 5 nitrogen and oxygen atoms in total. The van der Waals surface area contributed by atoms with Crippen molar-refractivity contribution in [2.75, 3.05) is 30.8 Å². The third-order valence-corrected chi connectivity index (χ3v) is 4.65. The van der Waals surface area contributed by atoms with Crippen LogP contribution in [0, 0.1) is 5.92 Å². The molecule has 0 radical (unpaired) electrons. The van der Waals surface area contributed by atoms with Crippen LogP contribution in [-0.4, -0.2) is 31.3 Å². The van der Waals surface area contributed by atoms with Gasteiger partial charge in [-0.3, -0.25) is 0 Å². The fourth-order valence-corrected chi connectivity index (χ4v) is 3.23. The molecular formula is C18H22ClN3O2. The van der Waals surface area contributed by atoms with Crippen LogP contribution in [0.3, 0.4) is 0 Å². The average Bonchev–Trinajstić information content (AvgIpc) is 2.59. The van der Waals surface area contributed by atoms with Gasteiger partial charge in [0.15, 0.2) is 0 Å². The van der Waals surface area contributed by atoms with Crippen LogP contribution in [0.15, 0.2) is 36.5 Å². The molecule has 0 amide bonds. The average molecular weight is 348 g/mol. The normalized spacial score (nSPS) is 20.7. The highest BCUT2D eigenvalue weighted by atomic mass is 35.5. The van der Waals surface area contributed by atoms with Gasteiger partial charge < -0.3 is 20.1 Å². The molecule has 2 N–H and O–H groups in total. The van der Waals surface area contributed by atoms with Crippen molar-refractivity contribution in [2.24, 2.45) is 5.92 Å². The number of nitrogens with two attached hydrogens (primary N) is 1. The van der Waals surface area contributed by atoms with Crippen LogP contribution in [0.25, 0.3) is 0 Å². The van der Waals surface area contributed by atoms with Crippen molar-refractivity contribution in [2.45, 2.75) is 19.4 Å². The number of ether oxygens (including phenoxy) is 2. The fourth-order valence-electron chi connectivity index (χ4n) is 3.00. The summed E-state index contributed by atoms with van der Waals surface area (Å²) in [4.78, 5) is 6.40. The van der Waals surface area contributed by atoms with Crippen molar-refractivity contribution in [3.05, 3.63) is 41.6 Å². The Morgan fingerprint density at radius 1 is 1.29 bits per heavy atom. The van der Waals surface area contributed by atoms with E-state index in [1.165, 1.54) is 0 Å². The third kappa shape index (κ3) is 3.67. The lowest BCUT2D eigenvalue weighted by Crippen LogP contribution is -2.44. The van der Waals surface area contributed by atoms with E-state index in [-0.39, 0.29) is 6.10 Å². The first kappa shape index (κ1) is 16.7. The highest BCUT2D eigenvalue weighted by Crippen LogP contribution is 2.32. The fraction of sp³-hybridized carbons (Fsp3) is 0.389. The standard InChI is InChI=1S/C18H22ClN3O2/c1-12-11-22(16-9-18(23-2)21-10-15(16)19)8-7-17(12)24-14-5-3-13(20)4-6-14/h3-6,9-10,12,17H,7-8,11,20H2,1-2H3/t12-,17+/m0/s1. The molecule has 0 unspecified atom stereocenters. The minimum atomic E-state index is 0.174. The van der Waals surface area contributed by atoms with E-state index in [1.807, 2.05) is 30.3 Å². The maximum Gasteiger partial charge on any atom is 0.215 e. The molecule has 1 aromatic heterocycles. The predicted octanol–water partition coefficient (Wildman–Crippen LogP) is 3.62. The number of hydrogen-bond acceptors (Lipinski definition) is 5. The van der Waals surface area contributed by atoms with Crippen molar-refractivity contribution < 1.29 is 9.47 Å². The molecule has 0 aliphatic carbocycles. The summed E-state index contributed by atoms with van der Waals surface area (Å²) >= 11 is 6.31. The van der Waals surface area contributed by atoms with Crippen LogP contribution in [-0.2, 0) is 0 Å². The summed E-state index contributed by atoms with van der Waals surface area (Å²) < 4.78 is 11.3. The summed E-state index contributed by atoms with van der Waals surface area (Å²) in [6.45, 7) is 3.93. The number of rotatable bonds is 4. The van der Waals surface area contributed by atoms with E-state index in [0.29, 0.717) is 16.8 Å². The number of aromatic nitrogens is 1. The molecule has 2 aromatic rings. The molecule has 0 spiro atoms. The second-order valence-corrected chi connectivity index (χ2v) is 6.52. The van der Waals surface area contributed by atoms with Crippen molar-refractivity contribution in [1.82, 2.24) is 4.98 Å². The number of pyridine rings is 1. The largest absolute Gasteiger partial charge is 0.490 e. The molecule has 0 bridgehead atoms. The van der Waals surface area contributed by atoms with Crippen LogP contribution >= 0.6 is 11.6 Å². The van der Waals surface area contributed by atoms with Gasteiger partial charge in [-0.1, -0.05) is 18.5 Å². The summed E-state index contributed by atoms with van der Waals surface area (Å²) in [6.07, 6.45) is 2.73. The van der Waals surface area contributed by atoms with E-state index in [2.05, 4.69) is 16.8 Å². The molecule has 2 heterocycles. The van der Waals surface area contributed by atoms with Crippen molar-refractivity contribution >= 4 is 23.0 Å². The maximum absolute atomic E-state index is 6.31. The lowest BCUT2D eigenvalue weighted by Gasteiger charge is -2.38. The monoisotopic (exact) mass is 347 g/mol. The quantitative estimate of drug-likeness (QED) is 0.856. The topological polar surface area (TPSA) is 60.6 Å². The zero-order valence-electron chi connectivity index (χ0n) is 13.9. The predicted molar refractivity (Wildman–Crippen MR) is 97.1 cm³/mol. The Bertz CT molecular complexity index is 693. The second-order valence-electron chi connectivity index (χ2n) is 6.12. The molecule has 2 atom stereocenters. The zero-order valence-corrected chi connectivity index (χ0v) is 14.7. The molecule has 1 aliphatic rings. The molecular weight excluding hydrogens is 326 g/mol. The van der Waals surface area contributed by atoms with Gasteiger partial charge in [-0.05, 0) is 24.3 Å². The lowest BCUT2D eigenvalue weighted by atomic mass is 9.96. The van der Waals surface area contributed by atoms with Crippen LogP contribution in [0.1, 0.15) is 13.3 Å². The number of halogens is 1. The Morgan fingerprint density at radius 3 is 2.71 bits per heavy atom. The minimum absolute atomic E-state index is 0.174. The van der Waals surface area contributed by atoms with E-state index in [9.17, 15) is 0 Å². The summed E-state index contributed by atoms with van der Waals surface area (Å²) in [5.74, 6) is 1.80. The first-order valence-corrected chi connectivity index (χ1v) is 8.41. The molecule has 24 heavy (non-hydrogen) atoms. The number of benzene rings is 1. The van der Waals surface area contributed by atoms with E-state index < -0.39 is 0 Å². The third-order valence-electron chi connectivity index (χ3n) is 4.35. The lowest BCUT2D eigenvalue weighted by molar-refractivity contribution is 0.121. The number of anilines is 2. The smallest absolute Gasteiger partial charge is 0.215 e. The van der Waals surface area contributed by atoms with E-state index >= 15 is 0 Å². The first-order chi connectivity index (χ1) is 11.6. The first-order valence-electron chi connectivity index (χ1n) is 8.03. The molecule has 128 valence electrons. The number of methoxy groups -OCH3 is 1.